The van der Waals surface area contributed by atoms with E-state index in [9.17, 15) is 9.59 Å². The summed E-state index contributed by atoms with van der Waals surface area (Å²) in [5.41, 5.74) is 1.03. The van der Waals surface area contributed by atoms with Crippen molar-refractivity contribution in [3.05, 3.63) is 35.9 Å². The summed E-state index contributed by atoms with van der Waals surface area (Å²) in [7, 11) is 0. The topological polar surface area (TPSA) is 55.4 Å². The molecular weight excluding hydrogens is 266 g/mol. The second-order valence-corrected chi connectivity index (χ2v) is 5.64. The molecule has 0 bridgehead atoms. The second kappa shape index (κ2) is 7.81. The maximum Gasteiger partial charge on any atom is 0.309 e. The summed E-state index contributed by atoms with van der Waals surface area (Å²) >= 11 is 0. The van der Waals surface area contributed by atoms with E-state index >= 15 is 0 Å². The fourth-order valence-corrected chi connectivity index (χ4v) is 2.70. The predicted octanol–water partition coefficient (Wildman–Crippen LogP) is 2.99. The lowest BCUT2D eigenvalue weighted by Gasteiger charge is -2.20. The Morgan fingerprint density at radius 3 is 2.52 bits per heavy atom. The van der Waals surface area contributed by atoms with Crippen LogP contribution in [-0.2, 0) is 14.3 Å². The number of rotatable bonds is 5. The van der Waals surface area contributed by atoms with E-state index in [-0.39, 0.29) is 30.4 Å². The van der Waals surface area contributed by atoms with Crippen molar-refractivity contribution >= 4 is 11.9 Å². The van der Waals surface area contributed by atoms with Gasteiger partial charge in [0.05, 0.1) is 12.0 Å². The molecule has 1 saturated carbocycles. The molecule has 1 aliphatic rings. The molecule has 0 unspecified atom stereocenters. The number of hydrogen-bond donors (Lipinski definition) is 1. The molecule has 1 aliphatic carbocycles. The molecule has 21 heavy (non-hydrogen) atoms. The zero-order valence-electron chi connectivity index (χ0n) is 12.5. The third kappa shape index (κ3) is 4.88. The normalized spacial score (nSPS) is 17.0. The zero-order valence-corrected chi connectivity index (χ0v) is 12.5. The van der Waals surface area contributed by atoms with Gasteiger partial charge in [0, 0.05) is 0 Å². The van der Waals surface area contributed by atoms with E-state index < -0.39 is 0 Å². The lowest BCUT2D eigenvalue weighted by Crippen LogP contribution is -2.32. The maximum absolute atomic E-state index is 11.9. The van der Waals surface area contributed by atoms with E-state index in [4.69, 9.17) is 4.74 Å². The van der Waals surface area contributed by atoms with Crippen LogP contribution < -0.4 is 5.32 Å². The highest BCUT2D eigenvalue weighted by atomic mass is 16.5. The third-order valence-corrected chi connectivity index (χ3v) is 3.96. The average molecular weight is 289 g/mol. The highest BCUT2D eigenvalue weighted by molar-refractivity contribution is 5.81. The van der Waals surface area contributed by atoms with Crippen molar-refractivity contribution in [2.45, 2.75) is 45.1 Å². The lowest BCUT2D eigenvalue weighted by atomic mass is 9.89. The van der Waals surface area contributed by atoms with Gasteiger partial charge in [-0.1, -0.05) is 49.6 Å². The molecule has 114 valence electrons. The number of carbonyl (C=O) groups excluding carboxylic acids is 2. The highest BCUT2D eigenvalue weighted by Crippen LogP contribution is 2.24. The highest BCUT2D eigenvalue weighted by Gasteiger charge is 2.23. The molecular formula is C17H23NO3. The molecule has 0 saturated heterocycles. The standard InChI is InChI=1S/C17H23NO3/c1-13(14-8-4-2-5-9-14)18-16(19)12-21-17(20)15-10-6-3-7-11-15/h2,4-5,8-9,13,15H,3,6-7,10-12H2,1H3,(H,18,19)/t13-/m0/s1. The van der Waals surface area contributed by atoms with E-state index in [2.05, 4.69) is 5.32 Å². The summed E-state index contributed by atoms with van der Waals surface area (Å²) in [6.45, 7) is 1.72. The van der Waals surface area contributed by atoms with Crippen molar-refractivity contribution in [3.63, 3.8) is 0 Å². The molecule has 1 atom stereocenters. The van der Waals surface area contributed by atoms with Crippen LogP contribution in [0, 0.1) is 5.92 Å². The largest absolute Gasteiger partial charge is 0.455 e. The van der Waals surface area contributed by atoms with Gasteiger partial charge in [-0.2, -0.15) is 0 Å². The van der Waals surface area contributed by atoms with Crippen LogP contribution in [0.2, 0.25) is 0 Å². The van der Waals surface area contributed by atoms with Gasteiger partial charge in [-0.3, -0.25) is 9.59 Å². The predicted molar refractivity (Wildman–Crippen MR) is 80.5 cm³/mol. The van der Waals surface area contributed by atoms with Crippen LogP contribution in [0.4, 0.5) is 0 Å². The van der Waals surface area contributed by atoms with Gasteiger partial charge in [-0.25, -0.2) is 0 Å². The van der Waals surface area contributed by atoms with Crippen LogP contribution >= 0.6 is 0 Å². The van der Waals surface area contributed by atoms with Crippen LogP contribution in [0.5, 0.6) is 0 Å². The first kappa shape index (κ1) is 15.5. The van der Waals surface area contributed by atoms with Gasteiger partial charge in [-0.15, -0.1) is 0 Å². The van der Waals surface area contributed by atoms with Crippen molar-refractivity contribution < 1.29 is 14.3 Å². The molecule has 1 aromatic carbocycles. The second-order valence-electron chi connectivity index (χ2n) is 5.64. The van der Waals surface area contributed by atoms with Crippen LogP contribution in [0.3, 0.4) is 0 Å². The summed E-state index contributed by atoms with van der Waals surface area (Å²) in [5, 5.41) is 2.84. The first-order valence-corrected chi connectivity index (χ1v) is 7.68. The number of carbonyl (C=O) groups is 2. The van der Waals surface area contributed by atoms with Crippen LogP contribution in [0.25, 0.3) is 0 Å². The monoisotopic (exact) mass is 289 g/mol. The molecule has 1 aromatic rings. The summed E-state index contributed by atoms with van der Waals surface area (Å²) in [6, 6.07) is 9.62. The third-order valence-electron chi connectivity index (χ3n) is 3.96. The van der Waals surface area contributed by atoms with Crippen LogP contribution in [0.1, 0.15) is 50.6 Å². The Labute approximate surface area is 125 Å². The van der Waals surface area contributed by atoms with Crippen molar-refractivity contribution in [1.82, 2.24) is 5.32 Å². The molecule has 4 nitrogen and oxygen atoms in total. The Balaban J connectivity index is 1.73. The fraction of sp³-hybridized carbons (Fsp3) is 0.529. The minimum Gasteiger partial charge on any atom is -0.455 e. The molecule has 1 fully saturated rings. The molecule has 1 amide bonds. The lowest BCUT2D eigenvalue weighted by molar-refractivity contribution is -0.153. The molecule has 0 aromatic heterocycles. The molecule has 0 aliphatic heterocycles. The fourth-order valence-electron chi connectivity index (χ4n) is 2.70. The van der Waals surface area contributed by atoms with Gasteiger partial charge >= 0.3 is 5.97 Å². The van der Waals surface area contributed by atoms with E-state index in [1.54, 1.807) is 0 Å². The van der Waals surface area contributed by atoms with Gasteiger partial charge < -0.3 is 10.1 Å². The number of nitrogens with one attached hydrogen (secondary N) is 1. The van der Waals surface area contributed by atoms with Crippen molar-refractivity contribution in [1.29, 1.82) is 0 Å². The minimum absolute atomic E-state index is 0.0157. The smallest absolute Gasteiger partial charge is 0.309 e. The summed E-state index contributed by atoms with van der Waals surface area (Å²) in [4.78, 5) is 23.7. The number of esters is 1. The van der Waals surface area contributed by atoms with E-state index in [1.807, 2.05) is 37.3 Å². The van der Waals surface area contributed by atoms with E-state index in [1.165, 1.54) is 6.42 Å². The number of hydrogen-bond acceptors (Lipinski definition) is 3. The Hall–Kier alpha value is -1.84. The van der Waals surface area contributed by atoms with Gasteiger partial charge in [0.1, 0.15) is 0 Å². The minimum atomic E-state index is -0.254. The Bertz CT molecular complexity index is 466. The SMILES string of the molecule is C[C@H](NC(=O)COC(=O)C1CCCCC1)c1ccccc1. The average Bonchev–Trinajstić information content (AvgIpc) is 2.54. The van der Waals surface area contributed by atoms with E-state index in [0.717, 1.165) is 31.2 Å². The Kier molecular flexibility index (Phi) is 5.78. The van der Waals surface area contributed by atoms with Crippen molar-refractivity contribution in [2.75, 3.05) is 6.61 Å². The summed E-state index contributed by atoms with van der Waals surface area (Å²) in [6.07, 6.45) is 5.13. The molecule has 0 spiro atoms. The summed E-state index contributed by atoms with van der Waals surface area (Å²) in [5.74, 6) is -0.495. The molecule has 1 N–H and O–H groups in total. The first-order valence-electron chi connectivity index (χ1n) is 7.68. The van der Waals surface area contributed by atoms with Gasteiger partial charge in [-0.05, 0) is 25.3 Å². The van der Waals surface area contributed by atoms with Crippen LogP contribution in [-0.4, -0.2) is 18.5 Å². The molecule has 4 heteroatoms. The van der Waals surface area contributed by atoms with Crippen molar-refractivity contribution in [2.24, 2.45) is 5.92 Å². The number of benzene rings is 1. The van der Waals surface area contributed by atoms with Crippen LogP contribution in [0.15, 0.2) is 30.3 Å². The maximum atomic E-state index is 11.9. The Morgan fingerprint density at radius 2 is 1.86 bits per heavy atom. The Morgan fingerprint density at radius 1 is 1.19 bits per heavy atom. The summed E-state index contributed by atoms with van der Waals surface area (Å²) < 4.78 is 5.13. The van der Waals surface area contributed by atoms with Gasteiger partial charge in [0.25, 0.3) is 5.91 Å². The quantitative estimate of drug-likeness (QED) is 0.848. The van der Waals surface area contributed by atoms with Gasteiger partial charge in [0.2, 0.25) is 0 Å². The molecule has 2 rings (SSSR count). The molecule has 0 heterocycles. The van der Waals surface area contributed by atoms with Crippen molar-refractivity contribution in [3.8, 4) is 0 Å². The first-order chi connectivity index (χ1) is 10.2. The van der Waals surface area contributed by atoms with Gasteiger partial charge in [0.15, 0.2) is 6.61 Å². The van der Waals surface area contributed by atoms with E-state index in [0.29, 0.717) is 0 Å². The zero-order chi connectivity index (χ0) is 15.1. The number of ether oxygens (including phenoxy) is 1. The molecule has 0 radical (unpaired) electrons. The number of amides is 1.